The van der Waals surface area contributed by atoms with Gasteiger partial charge in [0.05, 0.1) is 6.54 Å². The second-order valence-electron chi connectivity index (χ2n) is 7.82. The third-order valence-electron chi connectivity index (χ3n) is 6.20. The Balaban J connectivity index is 1.45. The summed E-state index contributed by atoms with van der Waals surface area (Å²) in [4.78, 5) is 39.9. The summed E-state index contributed by atoms with van der Waals surface area (Å²) in [6, 6.07) is 7.83. The third kappa shape index (κ3) is 3.27. The zero-order valence-electron chi connectivity index (χ0n) is 15.2. The first-order valence-corrected chi connectivity index (χ1v) is 9.86. The first-order valence-electron chi connectivity index (χ1n) is 9.86. The van der Waals surface area contributed by atoms with E-state index in [2.05, 4.69) is 4.90 Å². The smallest absolute Gasteiger partial charge is 0.254 e. The fourth-order valence-electron chi connectivity index (χ4n) is 4.78. The fourth-order valence-corrected chi connectivity index (χ4v) is 4.78. The summed E-state index contributed by atoms with van der Waals surface area (Å²) < 4.78 is 0. The lowest BCUT2D eigenvalue weighted by molar-refractivity contribution is -0.139. The predicted octanol–water partition coefficient (Wildman–Crippen LogP) is 3.13. The zero-order valence-corrected chi connectivity index (χ0v) is 15.2. The third-order valence-corrected chi connectivity index (χ3v) is 6.20. The Bertz CT molecular complexity index is 694. The molecular formula is C21H26N2O3. The molecule has 2 heterocycles. The van der Waals surface area contributed by atoms with Gasteiger partial charge in [0.2, 0.25) is 11.8 Å². The predicted molar refractivity (Wildman–Crippen MR) is 97.2 cm³/mol. The van der Waals surface area contributed by atoms with E-state index in [4.69, 9.17) is 0 Å². The molecular weight excluding hydrogens is 328 g/mol. The Hall–Kier alpha value is -2.17. The monoisotopic (exact) mass is 354 g/mol. The number of hydrogen-bond acceptors (Lipinski definition) is 3. The number of amides is 3. The van der Waals surface area contributed by atoms with Crippen molar-refractivity contribution in [1.82, 2.24) is 9.80 Å². The van der Waals surface area contributed by atoms with Crippen LogP contribution < -0.4 is 0 Å². The number of carbonyl (C=O) groups is 3. The highest BCUT2D eigenvalue weighted by atomic mass is 16.2. The Morgan fingerprint density at radius 3 is 2.31 bits per heavy atom. The van der Waals surface area contributed by atoms with Crippen molar-refractivity contribution in [3.63, 3.8) is 0 Å². The van der Waals surface area contributed by atoms with Crippen molar-refractivity contribution in [3.8, 4) is 0 Å². The standard InChI is InChI=1S/C21H26N2O3/c24-19-11-12-20(25)23(19)14-15-7-9-17(10-8-15)21(26)22-13-3-5-16-4-1-2-6-18(16)22/h7-10,16,18H,1-6,11-14H2/t16-,18-/m1/s1. The maximum atomic E-state index is 13.0. The Labute approximate surface area is 154 Å². The molecule has 2 atom stereocenters. The van der Waals surface area contributed by atoms with Gasteiger partial charge >= 0.3 is 0 Å². The maximum Gasteiger partial charge on any atom is 0.254 e. The molecule has 5 heteroatoms. The zero-order chi connectivity index (χ0) is 18.1. The molecule has 3 fully saturated rings. The summed E-state index contributed by atoms with van der Waals surface area (Å²) in [6.45, 7) is 1.17. The SMILES string of the molecule is O=C1CCC(=O)N1Cc1ccc(C(=O)N2CCC[C@H]3CCCC[C@H]32)cc1. The quantitative estimate of drug-likeness (QED) is 0.784. The van der Waals surface area contributed by atoms with Crippen LogP contribution in [0.25, 0.3) is 0 Å². The molecule has 0 radical (unpaired) electrons. The van der Waals surface area contributed by atoms with Crippen molar-refractivity contribution in [2.24, 2.45) is 5.92 Å². The highest BCUT2D eigenvalue weighted by Gasteiger charge is 2.36. The van der Waals surface area contributed by atoms with Crippen LogP contribution in [-0.4, -0.2) is 40.1 Å². The number of rotatable bonds is 3. The van der Waals surface area contributed by atoms with Gasteiger partial charge in [0, 0.05) is 31.0 Å². The summed E-state index contributed by atoms with van der Waals surface area (Å²) in [5.41, 5.74) is 1.60. The van der Waals surface area contributed by atoms with Crippen LogP contribution >= 0.6 is 0 Å². The molecule has 4 rings (SSSR count). The van der Waals surface area contributed by atoms with Gasteiger partial charge in [-0.05, 0) is 49.3 Å². The van der Waals surface area contributed by atoms with Gasteiger partial charge in [-0.2, -0.15) is 0 Å². The molecule has 3 amide bonds. The van der Waals surface area contributed by atoms with Gasteiger partial charge in [0.1, 0.15) is 0 Å². The van der Waals surface area contributed by atoms with E-state index in [-0.39, 0.29) is 17.7 Å². The highest BCUT2D eigenvalue weighted by Crippen LogP contribution is 2.36. The molecule has 0 unspecified atom stereocenters. The summed E-state index contributed by atoms with van der Waals surface area (Å²) in [6.07, 6.45) is 7.89. The molecule has 1 aliphatic carbocycles. The summed E-state index contributed by atoms with van der Waals surface area (Å²) in [5.74, 6) is 0.591. The fraction of sp³-hybridized carbons (Fsp3) is 0.571. The maximum absolute atomic E-state index is 13.0. The first-order chi connectivity index (χ1) is 12.6. The largest absolute Gasteiger partial charge is 0.335 e. The van der Waals surface area contributed by atoms with Gasteiger partial charge in [0.15, 0.2) is 0 Å². The number of hydrogen-bond donors (Lipinski definition) is 0. The lowest BCUT2D eigenvalue weighted by atomic mass is 9.78. The van der Waals surface area contributed by atoms with Crippen molar-refractivity contribution >= 4 is 17.7 Å². The van der Waals surface area contributed by atoms with E-state index in [1.54, 1.807) is 0 Å². The van der Waals surface area contributed by atoms with E-state index in [1.807, 2.05) is 24.3 Å². The van der Waals surface area contributed by atoms with Gasteiger partial charge in [0.25, 0.3) is 5.91 Å². The van der Waals surface area contributed by atoms with Crippen LogP contribution in [0.1, 0.15) is 67.3 Å². The summed E-state index contributed by atoms with van der Waals surface area (Å²) >= 11 is 0. The molecule has 0 N–H and O–H groups in total. The van der Waals surface area contributed by atoms with Crippen molar-refractivity contribution in [2.45, 2.75) is 64.0 Å². The van der Waals surface area contributed by atoms with E-state index in [0.29, 0.717) is 36.9 Å². The molecule has 1 aromatic carbocycles. The molecule has 1 saturated carbocycles. The molecule has 2 aliphatic heterocycles. The van der Waals surface area contributed by atoms with Gasteiger partial charge in [-0.25, -0.2) is 0 Å². The number of nitrogens with zero attached hydrogens (tertiary/aromatic N) is 2. The van der Waals surface area contributed by atoms with E-state index in [0.717, 1.165) is 24.9 Å². The Morgan fingerprint density at radius 1 is 0.923 bits per heavy atom. The second-order valence-corrected chi connectivity index (χ2v) is 7.82. The lowest BCUT2D eigenvalue weighted by Crippen LogP contribution is -2.49. The average molecular weight is 354 g/mol. The van der Waals surface area contributed by atoms with Crippen LogP contribution in [0.2, 0.25) is 0 Å². The molecule has 26 heavy (non-hydrogen) atoms. The Kier molecular flexibility index (Phi) is 4.79. The molecule has 0 spiro atoms. The number of fused-ring (bicyclic) bond motifs is 1. The molecule has 1 aromatic rings. The van der Waals surface area contributed by atoms with Crippen LogP contribution in [0.15, 0.2) is 24.3 Å². The number of imide groups is 1. The van der Waals surface area contributed by atoms with Gasteiger partial charge in [-0.15, -0.1) is 0 Å². The minimum Gasteiger partial charge on any atom is -0.335 e. The Morgan fingerprint density at radius 2 is 1.58 bits per heavy atom. The van der Waals surface area contributed by atoms with Crippen LogP contribution in [0.3, 0.4) is 0 Å². The van der Waals surface area contributed by atoms with Crippen LogP contribution in [-0.2, 0) is 16.1 Å². The van der Waals surface area contributed by atoms with E-state index >= 15 is 0 Å². The summed E-state index contributed by atoms with van der Waals surface area (Å²) in [5, 5.41) is 0. The first kappa shape index (κ1) is 17.3. The normalized spacial score (nSPS) is 26.2. The van der Waals surface area contributed by atoms with E-state index < -0.39 is 0 Å². The number of piperidine rings is 1. The topological polar surface area (TPSA) is 57.7 Å². The van der Waals surface area contributed by atoms with Crippen LogP contribution in [0, 0.1) is 5.92 Å². The number of carbonyl (C=O) groups excluding carboxylic acids is 3. The molecule has 5 nitrogen and oxygen atoms in total. The van der Waals surface area contributed by atoms with Crippen LogP contribution in [0.5, 0.6) is 0 Å². The molecule has 3 aliphatic rings. The molecule has 0 bridgehead atoms. The minimum absolute atomic E-state index is 0.105. The second kappa shape index (κ2) is 7.22. The van der Waals surface area contributed by atoms with Gasteiger partial charge < -0.3 is 4.90 Å². The lowest BCUT2D eigenvalue weighted by Gasteiger charge is -2.44. The van der Waals surface area contributed by atoms with Crippen LogP contribution in [0.4, 0.5) is 0 Å². The average Bonchev–Trinajstić information content (AvgIpc) is 2.99. The van der Waals surface area contributed by atoms with E-state index in [9.17, 15) is 14.4 Å². The molecule has 0 aromatic heterocycles. The highest BCUT2D eigenvalue weighted by molar-refractivity contribution is 6.01. The number of benzene rings is 1. The van der Waals surface area contributed by atoms with Gasteiger partial charge in [-0.1, -0.05) is 25.0 Å². The van der Waals surface area contributed by atoms with Crippen molar-refractivity contribution in [3.05, 3.63) is 35.4 Å². The minimum atomic E-state index is -0.105. The summed E-state index contributed by atoms with van der Waals surface area (Å²) in [7, 11) is 0. The van der Waals surface area contributed by atoms with Crippen molar-refractivity contribution in [1.29, 1.82) is 0 Å². The molecule has 138 valence electrons. The number of likely N-dealkylation sites (tertiary alicyclic amines) is 2. The molecule has 2 saturated heterocycles. The van der Waals surface area contributed by atoms with Crippen molar-refractivity contribution < 1.29 is 14.4 Å². The van der Waals surface area contributed by atoms with E-state index in [1.165, 1.54) is 30.6 Å². The van der Waals surface area contributed by atoms with Crippen molar-refractivity contribution in [2.75, 3.05) is 6.54 Å². The van der Waals surface area contributed by atoms with Gasteiger partial charge in [-0.3, -0.25) is 19.3 Å².